The molecular weight excluding hydrogens is 336 g/mol. The van der Waals surface area contributed by atoms with Gasteiger partial charge in [0.25, 0.3) is 0 Å². The molecule has 0 bridgehead atoms. The summed E-state index contributed by atoms with van der Waals surface area (Å²) in [6.45, 7) is 4.24. The molecule has 3 rings (SSSR count). The number of hydrazone groups is 1. The van der Waals surface area contributed by atoms with Gasteiger partial charge in [0.2, 0.25) is 0 Å². The zero-order valence-corrected chi connectivity index (χ0v) is 16.1. The molecule has 0 amide bonds. The third-order valence-corrected chi connectivity index (χ3v) is 5.09. The minimum atomic E-state index is -0.261. The van der Waals surface area contributed by atoms with Crippen molar-refractivity contribution in [3.8, 4) is 5.75 Å². The van der Waals surface area contributed by atoms with E-state index in [-0.39, 0.29) is 5.54 Å². The summed E-state index contributed by atoms with van der Waals surface area (Å²) in [7, 11) is 1.65. The molecule has 0 aliphatic carbocycles. The Hall–Kier alpha value is -2.92. The molecule has 0 atom stereocenters. The minimum Gasteiger partial charge on any atom is -0.497 e. The van der Waals surface area contributed by atoms with Crippen LogP contribution >= 0.6 is 0 Å². The molecular formula is C22H26N4O. The first kappa shape index (κ1) is 18.9. The predicted octanol–water partition coefficient (Wildman–Crippen LogP) is 4.66. The van der Waals surface area contributed by atoms with Gasteiger partial charge in [-0.05, 0) is 48.2 Å². The maximum Gasteiger partial charge on any atom is 0.119 e. The highest BCUT2D eigenvalue weighted by Gasteiger charge is 2.22. The number of nitrogens with one attached hydrogen (secondary N) is 1. The first-order valence-electron chi connectivity index (χ1n) is 9.21. The number of benzene rings is 2. The standard InChI is InChI=1S/C22H26N4O/c1-4-22(23,5-2)17-8-6-16(7-9-17)15-25-26-21-12-13-24-20-11-10-18(27-3)14-19(20)21/h6-15H,4-5,23H2,1-3H3,(H,24,26)/b25-15+. The van der Waals surface area contributed by atoms with Gasteiger partial charge in [0.15, 0.2) is 0 Å². The molecule has 0 unspecified atom stereocenters. The van der Waals surface area contributed by atoms with Gasteiger partial charge in [-0.2, -0.15) is 5.10 Å². The van der Waals surface area contributed by atoms with Gasteiger partial charge in [0, 0.05) is 17.1 Å². The summed E-state index contributed by atoms with van der Waals surface area (Å²) >= 11 is 0. The van der Waals surface area contributed by atoms with E-state index in [0.29, 0.717) is 0 Å². The van der Waals surface area contributed by atoms with E-state index in [0.717, 1.165) is 46.3 Å². The van der Waals surface area contributed by atoms with E-state index >= 15 is 0 Å². The Morgan fingerprint density at radius 3 is 2.52 bits per heavy atom. The fourth-order valence-corrected chi connectivity index (χ4v) is 3.09. The van der Waals surface area contributed by atoms with Gasteiger partial charge in [-0.25, -0.2) is 0 Å². The van der Waals surface area contributed by atoms with Gasteiger partial charge in [-0.1, -0.05) is 38.1 Å². The van der Waals surface area contributed by atoms with Crippen LogP contribution in [0, 0.1) is 0 Å². The number of hydrogen-bond donors (Lipinski definition) is 2. The largest absolute Gasteiger partial charge is 0.497 e. The lowest BCUT2D eigenvalue weighted by molar-refractivity contribution is 0.413. The summed E-state index contributed by atoms with van der Waals surface area (Å²) in [5.74, 6) is 0.787. The fraction of sp³-hybridized carbons (Fsp3) is 0.273. The van der Waals surface area contributed by atoms with E-state index in [9.17, 15) is 0 Å². The number of aromatic nitrogens is 1. The zero-order chi connectivity index (χ0) is 19.3. The maximum absolute atomic E-state index is 6.46. The quantitative estimate of drug-likeness (QED) is 0.473. The summed E-state index contributed by atoms with van der Waals surface area (Å²) in [4.78, 5) is 4.37. The van der Waals surface area contributed by atoms with Crippen molar-refractivity contribution in [3.63, 3.8) is 0 Å². The highest BCUT2D eigenvalue weighted by molar-refractivity contribution is 5.92. The number of rotatable bonds is 7. The number of anilines is 1. The molecule has 0 saturated heterocycles. The van der Waals surface area contributed by atoms with Crippen molar-refractivity contribution >= 4 is 22.8 Å². The van der Waals surface area contributed by atoms with E-state index < -0.39 is 0 Å². The normalized spacial score (nSPS) is 11.9. The lowest BCUT2D eigenvalue weighted by Gasteiger charge is -2.27. The molecule has 5 nitrogen and oxygen atoms in total. The second-order valence-corrected chi connectivity index (χ2v) is 6.60. The molecule has 0 aliphatic rings. The minimum absolute atomic E-state index is 0.261. The number of nitrogens with two attached hydrogens (primary N) is 1. The number of ether oxygens (including phenoxy) is 1. The summed E-state index contributed by atoms with van der Waals surface area (Å²) in [6, 6.07) is 15.9. The van der Waals surface area contributed by atoms with Gasteiger partial charge >= 0.3 is 0 Å². The highest BCUT2D eigenvalue weighted by atomic mass is 16.5. The van der Waals surface area contributed by atoms with Crippen molar-refractivity contribution in [3.05, 3.63) is 65.9 Å². The maximum atomic E-state index is 6.46. The molecule has 0 saturated carbocycles. The summed E-state index contributed by atoms with van der Waals surface area (Å²) < 4.78 is 5.30. The lowest BCUT2D eigenvalue weighted by Crippen LogP contribution is -2.34. The van der Waals surface area contributed by atoms with E-state index in [1.807, 2.05) is 36.4 Å². The molecule has 3 N–H and O–H groups in total. The van der Waals surface area contributed by atoms with Crippen LogP contribution in [0.5, 0.6) is 5.75 Å². The smallest absolute Gasteiger partial charge is 0.119 e. The van der Waals surface area contributed by atoms with Crippen LogP contribution in [0.1, 0.15) is 37.8 Å². The molecule has 0 fully saturated rings. The van der Waals surface area contributed by atoms with Crippen LogP contribution in [0.25, 0.3) is 10.9 Å². The molecule has 3 aromatic rings. The lowest BCUT2D eigenvalue weighted by atomic mass is 9.85. The molecule has 27 heavy (non-hydrogen) atoms. The summed E-state index contributed by atoms with van der Waals surface area (Å²) in [5, 5.41) is 5.34. The van der Waals surface area contributed by atoms with Crippen molar-refractivity contribution in [2.45, 2.75) is 32.2 Å². The third-order valence-electron chi connectivity index (χ3n) is 5.09. The number of fused-ring (bicyclic) bond motifs is 1. The van der Waals surface area contributed by atoms with E-state index in [4.69, 9.17) is 10.5 Å². The Morgan fingerprint density at radius 1 is 1.11 bits per heavy atom. The van der Waals surface area contributed by atoms with Gasteiger partial charge in [-0.3, -0.25) is 10.4 Å². The van der Waals surface area contributed by atoms with Gasteiger partial charge in [-0.15, -0.1) is 0 Å². The topological polar surface area (TPSA) is 72.5 Å². The molecule has 2 aromatic carbocycles. The molecule has 1 heterocycles. The number of pyridine rings is 1. The molecule has 0 aliphatic heterocycles. The van der Waals surface area contributed by atoms with Crippen molar-refractivity contribution in [1.82, 2.24) is 4.98 Å². The van der Waals surface area contributed by atoms with Gasteiger partial charge in [0.05, 0.1) is 24.5 Å². The Morgan fingerprint density at radius 2 is 1.85 bits per heavy atom. The molecule has 140 valence electrons. The van der Waals surface area contributed by atoms with Crippen LogP contribution < -0.4 is 15.9 Å². The van der Waals surface area contributed by atoms with Gasteiger partial charge < -0.3 is 10.5 Å². The number of hydrogen-bond acceptors (Lipinski definition) is 5. The zero-order valence-electron chi connectivity index (χ0n) is 16.1. The first-order valence-corrected chi connectivity index (χ1v) is 9.21. The Kier molecular flexibility index (Phi) is 5.72. The molecule has 1 aromatic heterocycles. The van der Waals surface area contributed by atoms with E-state index in [1.54, 1.807) is 19.5 Å². The predicted molar refractivity (Wildman–Crippen MR) is 112 cm³/mol. The van der Waals surface area contributed by atoms with Crippen molar-refractivity contribution in [1.29, 1.82) is 0 Å². The Labute approximate surface area is 160 Å². The highest BCUT2D eigenvalue weighted by Crippen LogP contribution is 2.27. The first-order chi connectivity index (χ1) is 13.1. The van der Waals surface area contributed by atoms with Crippen LogP contribution in [-0.4, -0.2) is 18.3 Å². The third kappa shape index (κ3) is 4.09. The monoisotopic (exact) mass is 362 g/mol. The Balaban J connectivity index is 1.77. The Bertz CT molecular complexity index is 931. The number of methoxy groups -OCH3 is 1. The van der Waals surface area contributed by atoms with Crippen molar-refractivity contribution in [2.24, 2.45) is 10.8 Å². The van der Waals surface area contributed by atoms with Crippen LogP contribution in [0.2, 0.25) is 0 Å². The molecule has 5 heteroatoms. The van der Waals surface area contributed by atoms with E-state index in [1.165, 1.54) is 0 Å². The van der Waals surface area contributed by atoms with Crippen molar-refractivity contribution in [2.75, 3.05) is 12.5 Å². The van der Waals surface area contributed by atoms with Crippen LogP contribution in [-0.2, 0) is 5.54 Å². The molecule has 0 spiro atoms. The van der Waals surface area contributed by atoms with Crippen molar-refractivity contribution < 1.29 is 4.74 Å². The van der Waals surface area contributed by atoms with Crippen LogP contribution in [0.3, 0.4) is 0 Å². The second-order valence-electron chi connectivity index (χ2n) is 6.60. The summed E-state index contributed by atoms with van der Waals surface area (Å²) in [6.07, 6.45) is 5.39. The average molecular weight is 362 g/mol. The van der Waals surface area contributed by atoms with Gasteiger partial charge in [0.1, 0.15) is 5.75 Å². The SMILES string of the molecule is CCC(N)(CC)c1ccc(/C=N/Nc2ccnc3ccc(OC)cc23)cc1. The molecule has 0 radical (unpaired) electrons. The second kappa shape index (κ2) is 8.18. The summed E-state index contributed by atoms with van der Waals surface area (Å²) in [5.41, 5.74) is 13.2. The average Bonchev–Trinajstić information content (AvgIpc) is 2.73. The van der Waals surface area contributed by atoms with Crippen LogP contribution in [0.4, 0.5) is 5.69 Å². The van der Waals surface area contributed by atoms with E-state index in [2.05, 4.69) is 41.5 Å². The number of nitrogens with zero attached hydrogens (tertiary/aromatic N) is 2. The van der Waals surface area contributed by atoms with Crippen LogP contribution in [0.15, 0.2) is 59.8 Å². The fourth-order valence-electron chi connectivity index (χ4n) is 3.09.